The van der Waals surface area contributed by atoms with Crippen LogP contribution in [0.25, 0.3) is 0 Å². The second-order valence-corrected chi connectivity index (χ2v) is 11.0. The first kappa shape index (κ1) is 23.2. The summed E-state index contributed by atoms with van der Waals surface area (Å²) in [6.07, 6.45) is 2.61. The van der Waals surface area contributed by atoms with Gasteiger partial charge in [0.25, 0.3) is 0 Å². The molecule has 9 heteroatoms. The molecule has 8 nitrogen and oxygen atoms in total. The molecule has 0 aliphatic carbocycles. The van der Waals surface area contributed by atoms with Gasteiger partial charge in [0.05, 0.1) is 4.90 Å². The number of sulfonamides is 1. The molecule has 4 rings (SSSR count). The van der Waals surface area contributed by atoms with Crippen molar-refractivity contribution in [2.24, 2.45) is 5.92 Å². The predicted octanol–water partition coefficient (Wildman–Crippen LogP) is 1.55. The number of hydrogen-bond acceptors (Lipinski definition) is 5. The first-order valence-electron chi connectivity index (χ1n) is 11.7. The van der Waals surface area contributed by atoms with Gasteiger partial charge in [-0.2, -0.15) is 4.31 Å². The number of hydrogen-bond donors (Lipinski definition) is 0. The molecule has 0 saturated carbocycles. The summed E-state index contributed by atoms with van der Waals surface area (Å²) in [5.41, 5.74) is 1.72. The zero-order valence-electron chi connectivity index (χ0n) is 19.1. The molecular formula is C23H34N4O4S. The quantitative estimate of drug-likeness (QED) is 0.663. The Morgan fingerprint density at radius 1 is 1.00 bits per heavy atom. The molecule has 0 spiro atoms. The summed E-state index contributed by atoms with van der Waals surface area (Å²) >= 11 is 0. The highest BCUT2D eigenvalue weighted by Gasteiger charge is 2.32. The van der Waals surface area contributed by atoms with E-state index in [0.717, 1.165) is 44.0 Å². The number of fused-ring (bicyclic) bond motifs is 1. The van der Waals surface area contributed by atoms with Crippen LogP contribution in [0.5, 0.6) is 0 Å². The van der Waals surface area contributed by atoms with Crippen molar-refractivity contribution in [3.8, 4) is 0 Å². The van der Waals surface area contributed by atoms with Crippen LogP contribution in [0, 0.1) is 5.92 Å². The lowest BCUT2D eigenvalue weighted by atomic mass is 9.94. The van der Waals surface area contributed by atoms with E-state index in [2.05, 4.69) is 11.8 Å². The smallest absolute Gasteiger partial charge is 0.243 e. The SMILES string of the molecule is CCN1CCN(C(=O)CC2CCN(S(=O)(=O)c3ccc4c(c3)CCN4C(C)=O)CC2)CC1. The molecule has 3 aliphatic rings. The number of rotatable bonds is 5. The summed E-state index contributed by atoms with van der Waals surface area (Å²) in [4.78, 5) is 30.7. The molecule has 0 unspecified atom stereocenters. The number of carbonyl (C=O) groups excluding carboxylic acids is 2. The third-order valence-corrected chi connectivity index (χ3v) is 9.07. The van der Waals surface area contributed by atoms with Crippen LogP contribution >= 0.6 is 0 Å². The molecule has 3 heterocycles. The molecule has 3 aliphatic heterocycles. The van der Waals surface area contributed by atoms with Gasteiger partial charge in [-0.25, -0.2) is 8.42 Å². The third-order valence-electron chi connectivity index (χ3n) is 7.17. The van der Waals surface area contributed by atoms with Crippen molar-refractivity contribution in [2.45, 2.75) is 44.4 Å². The van der Waals surface area contributed by atoms with Gasteiger partial charge in [0.2, 0.25) is 21.8 Å². The molecular weight excluding hydrogens is 428 g/mol. The summed E-state index contributed by atoms with van der Waals surface area (Å²) in [5, 5.41) is 0. The molecule has 176 valence electrons. The second kappa shape index (κ2) is 9.49. The molecule has 0 bridgehead atoms. The van der Waals surface area contributed by atoms with E-state index in [1.54, 1.807) is 27.4 Å². The number of amides is 2. The van der Waals surface area contributed by atoms with Crippen LogP contribution < -0.4 is 4.90 Å². The molecule has 2 amide bonds. The second-order valence-electron chi connectivity index (χ2n) is 9.08. The minimum Gasteiger partial charge on any atom is -0.340 e. The third kappa shape index (κ3) is 4.70. The normalized spacial score (nSPS) is 21.1. The van der Waals surface area contributed by atoms with E-state index in [-0.39, 0.29) is 17.7 Å². The van der Waals surface area contributed by atoms with E-state index in [1.165, 1.54) is 6.92 Å². The largest absolute Gasteiger partial charge is 0.340 e. The van der Waals surface area contributed by atoms with Crippen LogP contribution in [0.3, 0.4) is 0 Å². The standard InChI is InChI=1S/C23H34N4O4S/c1-3-24-12-14-25(15-13-24)23(29)16-19-6-9-26(10-7-19)32(30,31)21-4-5-22-20(17-21)8-11-27(22)18(2)28/h4-5,17,19H,3,6-16H2,1-2H3. The highest BCUT2D eigenvalue weighted by Crippen LogP contribution is 2.32. The van der Waals surface area contributed by atoms with E-state index in [1.807, 2.05) is 4.90 Å². The first-order valence-corrected chi connectivity index (χ1v) is 13.1. The van der Waals surface area contributed by atoms with Crippen molar-refractivity contribution in [1.29, 1.82) is 0 Å². The topological polar surface area (TPSA) is 81.2 Å². The maximum Gasteiger partial charge on any atom is 0.243 e. The van der Waals surface area contributed by atoms with Crippen molar-refractivity contribution in [3.05, 3.63) is 23.8 Å². The lowest BCUT2D eigenvalue weighted by Crippen LogP contribution is -2.49. The van der Waals surface area contributed by atoms with Crippen molar-refractivity contribution in [3.63, 3.8) is 0 Å². The Kier molecular flexibility index (Phi) is 6.88. The fraction of sp³-hybridized carbons (Fsp3) is 0.652. The van der Waals surface area contributed by atoms with Crippen LogP contribution in [0.1, 0.15) is 38.7 Å². The number of piperidine rings is 1. The van der Waals surface area contributed by atoms with Gasteiger partial charge in [-0.3, -0.25) is 9.59 Å². The van der Waals surface area contributed by atoms with Crippen LogP contribution in [-0.4, -0.2) is 86.7 Å². The molecule has 2 saturated heterocycles. The zero-order chi connectivity index (χ0) is 22.9. The number of piperazine rings is 1. The lowest BCUT2D eigenvalue weighted by Gasteiger charge is -2.36. The van der Waals surface area contributed by atoms with E-state index in [0.29, 0.717) is 50.2 Å². The minimum absolute atomic E-state index is 0.0248. The number of benzene rings is 1. The zero-order valence-corrected chi connectivity index (χ0v) is 19.9. The Morgan fingerprint density at radius 2 is 1.69 bits per heavy atom. The van der Waals surface area contributed by atoms with Crippen LogP contribution in [0.2, 0.25) is 0 Å². The summed E-state index contributed by atoms with van der Waals surface area (Å²) in [7, 11) is -3.57. The summed E-state index contributed by atoms with van der Waals surface area (Å²) < 4.78 is 28.0. The number of nitrogens with zero attached hydrogens (tertiary/aromatic N) is 4. The highest BCUT2D eigenvalue weighted by molar-refractivity contribution is 7.89. The van der Waals surface area contributed by atoms with Gasteiger partial charge in [0.1, 0.15) is 0 Å². The number of carbonyl (C=O) groups is 2. The Morgan fingerprint density at radius 3 is 2.31 bits per heavy atom. The maximum atomic E-state index is 13.2. The maximum absolute atomic E-state index is 13.2. The highest BCUT2D eigenvalue weighted by atomic mass is 32.2. The van der Waals surface area contributed by atoms with Crippen molar-refractivity contribution < 1.29 is 18.0 Å². The van der Waals surface area contributed by atoms with E-state index < -0.39 is 10.0 Å². The number of anilines is 1. The number of likely N-dealkylation sites (N-methyl/N-ethyl adjacent to an activating group) is 1. The predicted molar refractivity (Wildman–Crippen MR) is 123 cm³/mol. The van der Waals surface area contributed by atoms with Gasteiger partial charge in [-0.15, -0.1) is 0 Å². The van der Waals surface area contributed by atoms with Gasteiger partial charge < -0.3 is 14.7 Å². The van der Waals surface area contributed by atoms with Gasteiger partial charge in [-0.05, 0) is 55.5 Å². The van der Waals surface area contributed by atoms with Crippen molar-refractivity contribution >= 4 is 27.5 Å². The van der Waals surface area contributed by atoms with Crippen molar-refractivity contribution in [1.82, 2.24) is 14.1 Å². The Bertz CT molecular complexity index is 964. The Labute approximate surface area is 191 Å². The van der Waals surface area contributed by atoms with Gasteiger partial charge in [-0.1, -0.05) is 6.92 Å². The van der Waals surface area contributed by atoms with Gasteiger partial charge >= 0.3 is 0 Å². The van der Waals surface area contributed by atoms with E-state index in [4.69, 9.17) is 0 Å². The molecule has 2 fully saturated rings. The minimum atomic E-state index is -3.57. The average Bonchev–Trinajstić information content (AvgIpc) is 3.23. The molecule has 0 N–H and O–H groups in total. The average molecular weight is 463 g/mol. The molecule has 0 radical (unpaired) electrons. The lowest BCUT2D eigenvalue weighted by molar-refractivity contribution is -0.134. The monoisotopic (exact) mass is 462 g/mol. The molecule has 0 aromatic heterocycles. The van der Waals surface area contributed by atoms with E-state index >= 15 is 0 Å². The van der Waals surface area contributed by atoms with Gasteiger partial charge in [0, 0.05) is 64.8 Å². The molecule has 32 heavy (non-hydrogen) atoms. The van der Waals surface area contributed by atoms with Crippen LogP contribution in [-0.2, 0) is 26.0 Å². The Hall–Kier alpha value is -1.97. The molecule has 1 aromatic carbocycles. The van der Waals surface area contributed by atoms with E-state index in [9.17, 15) is 18.0 Å². The Balaban J connectivity index is 1.33. The van der Waals surface area contributed by atoms with Crippen LogP contribution in [0.15, 0.2) is 23.1 Å². The fourth-order valence-electron chi connectivity index (χ4n) is 5.06. The summed E-state index contributed by atoms with van der Waals surface area (Å²) in [6, 6.07) is 5.08. The van der Waals surface area contributed by atoms with Crippen molar-refractivity contribution in [2.75, 3.05) is 57.3 Å². The summed E-state index contributed by atoms with van der Waals surface area (Å²) in [6.45, 7) is 9.63. The van der Waals surface area contributed by atoms with Crippen LogP contribution in [0.4, 0.5) is 5.69 Å². The first-order chi connectivity index (χ1) is 15.3. The molecule has 1 aromatic rings. The molecule has 0 atom stereocenters. The van der Waals surface area contributed by atoms with Gasteiger partial charge in [0.15, 0.2) is 0 Å². The fourth-order valence-corrected chi connectivity index (χ4v) is 6.58. The summed E-state index contributed by atoms with van der Waals surface area (Å²) in [5.74, 6) is 0.418.